The Kier molecular flexibility index (Phi) is 7.38. The number of anilines is 1. The summed E-state index contributed by atoms with van der Waals surface area (Å²) >= 11 is 5.96. The van der Waals surface area contributed by atoms with Gasteiger partial charge in [-0.1, -0.05) is 54.1 Å². The van der Waals surface area contributed by atoms with Crippen molar-refractivity contribution in [2.24, 2.45) is 0 Å². The van der Waals surface area contributed by atoms with Gasteiger partial charge in [0, 0.05) is 23.3 Å². The van der Waals surface area contributed by atoms with Gasteiger partial charge in [-0.15, -0.1) is 0 Å². The molecule has 7 nitrogen and oxygen atoms in total. The van der Waals surface area contributed by atoms with E-state index in [1.165, 1.54) is 10.7 Å². The minimum atomic E-state index is -0.706. The molecule has 176 valence electrons. The van der Waals surface area contributed by atoms with E-state index >= 15 is 0 Å². The standard InChI is InChI=1S/C27H23ClN4O3/c1-18-17-24(33)25(31-32(18)21-13-11-20(28)12-14-21)27(35)30-23-10-6-5-9-22(23)26(34)29-16-15-19-7-3-2-4-8-19/h2-14,17H,15-16H2,1H3,(H,29,34)(H,30,35). The maximum absolute atomic E-state index is 13.0. The molecule has 0 fully saturated rings. The van der Waals surface area contributed by atoms with E-state index < -0.39 is 11.3 Å². The van der Waals surface area contributed by atoms with Crippen molar-refractivity contribution >= 4 is 29.1 Å². The molecule has 3 aromatic carbocycles. The average molecular weight is 487 g/mol. The molecule has 1 aromatic heterocycles. The summed E-state index contributed by atoms with van der Waals surface area (Å²) in [4.78, 5) is 38.4. The highest BCUT2D eigenvalue weighted by atomic mass is 35.5. The smallest absolute Gasteiger partial charge is 0.280 e. The summed E-state index contributed by atoms with van der Waals surface area (Å²) in [5.74, 6) is -1.03. The maximum atomic E-state index is 13.0. The Labute approximate surface area is 207 Å². The molecule has 0 aliphatic carbocycles. The molecule has 2 amide bonds. The van der Waals surface area contributed by atoms with Crippen LogP contribution in [-0.4, -0.2) is 28.1 Å². The fraction of sp³-hybridized carbons (Fsp3) is 0.111. The predicted octanol–water partition coefficient (Wildman–Crippen LogP) is 4.42. The van der Waals surface area contributed by atoms with Gasteiger partial charge in [0.05, 0.1) is 16.9 Å². The quantitative estimate of drug-likeness (QED) is 0.404. The Morgan fingerprint density at radius 3 is 2.34 bits per heavy atom. The molecule has 0 aliphatic rings. The number of nitrogens with zero attached hydrogens (tertiary/aromatic N) is 2. The molecule has 0 spiro atoms. The van der Waals surface area contributed by atoms with Crippen LogP contribution in [0.2, 0.25) is 5.02 Å². The summed E-state index contributed by atoms with van der Waals surface area (Å²) in [6, 6.07) is 24.7. The summed E-state index contributed by atoms with van der Waals surface area (Å²) in [7, 11) is 0. The van der Waals surface area contributed by atoms with Crippen LogP contribution in [0.15, 0.2) is 89.7 Å². The highest BCUT2D eigenvalue weighted by Crippen LogP contribution is 2.17. The summed E-state index contributed by atoms with van der Waals surface area (Å²) in [6.45, 7) is 2.16. The number of hydrogen-bond donors (Lipinski definition) is 2. The predicted molar refractivity (Wildman–Crippen MR) is 136 cm³/mol. The number of carbonyl (C=O) groups is 2. The van der Waals surface area contributed by atoms with Crippen LogP contribution in [0.25, 0.3) is 5.69 Å². The Bertz CT molecular complexity index is 1420. The lowest BCUT2D eigenvalue weighted by atomic mass is 10.1. The van der Waals surface area contributed by atoms with Crippen LogP contribution in [0, 0.1) is 6.92 Å². The molecule has 0 saturated carbocycles. The molecular weight excluding hydrogens is 464 g/mol. The van der Waals surface area contributed by atoms with Crippen LogP contribution in [-0.2, 0) is 6.42 Å². The molecule has 2 N–H and O–H groups in total. The molecule has 0 aliphatic heterocycles. The van der Waals surface area contributed by atoms with Gasteiger partial charge in [0.15, 0.2) is 5.69 Å². The molecule has 0 unspecified atom stereocenters. The number of halogens is 1. The average Bonchev–Trinajstić information content (AvgIpc) is 2.85. The number of carbonyl (C=O) groups excluding carboxylic acids is 2. The molecule has 0 saturated heterocycles. The lowest BCUT2D eigenvalue weighted by Crippen LogP contribution is -2.29. The minimum absolute atomic E-state index is 0.287. The SMILES string of the molecule is Cc1cc(=O)c(C(=O)Nc2ccccc2C(=O)NCCc2ccccc2)nn1-c1ccc(Cl)cc1. The van der Waals surface area contributed by atoms with Crippen LogP contribution >= 0.6 is 11.6 Å². The van der Waals surface area contributed by atoms with Gasteiger partial charge < -0.3 is 10.6 Å². The largest absolute Gasteiger partial charge is 0.352 e. The number of amides is 2. The number of para-hydroxylation sites is 1. The molecular formula is C27H23ClN4O3. The van der Waals surface area contributed by atoms with Crippen molar-refractivity contribution < 1.29 is 9.59 Å². The minimum Gasteiger partial charge on any atom is -0.352 e. The summed E-state index contributed by atoms with van der Waals surface area (Å²) < 4.78 is 1.49. The topological polar surface area (TPSA) is 93.1 Å². The van der Waals surface area contributed by atoms with Crippen LogP contribution < -0.4 is 16.1 Å². The van der Waals surface area contributed by atoms with E-state index in [2.05, 4.69) is 15.7 Å². The normalized spacial score (nSPS) is 10.6. The lowest BCUT2D eigenvalue weighted by Gasteiger charge is -2.13. The second-order valence-corrected chi connectivity index (χ2v) is 8.31. The van der Waals surface area contributed by atoms with Crippen LogP contribution in [0.1, 0.15) is 32.1 Å². The molecule has 4 rings (SSSR count). The molecule has 0 bridgehead atoms. The lowest BCUT2D eigenvalue weighted by molar-refractivity contribution is 0.0955. The fourth-order valence-corrected chi connectivity index (χ4v) is 3.71. The number of rotatable bonds is 7. The Morgan fingerprint density at radius 2 is 1.60 bits per heavy atom. The van der Waals surface area contributed by atoms with Crippen molar-refractivity contribution in [1.82, 2.24) is 15.1 Å². The van der Waals surface area contributed by atoms with E-state index in [-0.39, 0.29) is 17.3 Å². The molecule has 1 heterocycles. The Hall–Kier alpha value is -4.23. The van der Waals surface area contributed by atoms with Crippen molar-refractivity contribution in [3.8, 4) is 5.69 Å². The fourth-order valence-electron chi connectivity index (χ4n) is 3.58. The zero-order valence-electron chi connectivity index (χ0n) is 19.0. The number of hydrogen-bond acceptors (Lipinski definition) is 4. The van der Waals surface area contributed by atoms with Crippen molar-refractivity contribution in [2.75, 3.05) is 11.9 Å². The molecule has 8 heteroatoms. The first kappa shape index (κ1) is 23.9. The molecule has 0 radical (unpaired) electrons. The monoisotopic (exact) mass is 486 g/mol. The van der Waals surface area contributed by atoms with E-state index in [0.717, 1.165) is 5.56 Å². The molecule has 35 heavy (non-hydrogen) atoms. The summed E-state index contributed by atoms with van der Waals surface area (Å²) in [5.41, 5.74) is 2.09. The van der Waals surface area contributed by atoms with Crippen LogP contribution in [0.4, 0.5) is 5.69 Å². The molecule has 0 atom stereocenters. The second-order valence-electron chi connectivity index (χ2n) is 7.88. The van der Waals surface area contributed by atoms with Gasteiger partial charge in [-0.2, -0.15) is 5.10 Å². The van der Waals surface area contributed by atoms with Gasteiger partial charge in [0.2, 0.25) is 5.43 Å². The van der Waals surface area contributed by atoms with Crippen LogP contribution in [0.3, 0.4) is 0 Å². The van der Waals surface area contributed by atoms with Gasteiger partial charge >= 0.3 is 0 Å². The first-order valence-electron chi connectivity index (χ1n) is 11.0. The van der Waals surface area contributed by atoms with E-state index in [0.29, 0.717) is 34.9 Å². The zero-order valence-corrected chi connectivity index (χ0v) is 19.8. The second kappa shape index (κ2) is 10.8. The van der Waals surface area contributed by atoms with E-state index in [1.807, 2.05) is 30.3 Å². The Morgan fingerprint density at radius 1 is 0.914 bits per heavy atom. The third-order valence-electron chi connectivity index (χ3n) is 5.36. The third kappa shape index (κ3) is 5.83. The first-order valence-corrected chi connectivity index (χ1v) is 11.4. The highest BCUT2D eigenvalue weighted by molar-refractivity contribution is 6.30. The Balaban J connectivity index is 1.52. The summed E-state index contributed by atoms with van der Waals surface area (Å²) in [6.07, 6.45) is 0.679. The van der Waals surface area contributed by atoms with Gasteiger partial charge in [-0.05, 0) is 55.3 Å². The van der Waals surface area contributed by atoms with Crippen LogP contribution in [0.5, 0.6) is 0 Å². The van der Waals surface area contributed by atoms with Gasteiger partial charge in [0.25, 0.3) is 11.8 Å². The number of aromatic nitrogens is 2. The highest BCUT2D eigenvalue weighted by Gasteiger charge is 2.18. The van der Waals surface area contributed by atoms with Crippen molar-refractivity contribution in [1.29, 1.82) is 0 Å². The third-order valence-corrected chi connectivity index (χ3v) is 5.61. The van der Waals surface area contributed by atoms with Gasteiger partial charge in [-0.25, -0.2) is 4.68 Å². The first-order chi connectivity index (χ1) is 16.9. The maximum Gasteiger partial charge on any atom is 0.280 e. The summed E-state index contributed by atoms with van der Waals surface area (Å²) in [5, 5.41) is 10.4. The van der Waals surface area contributed by atoms with Crippen molar-refractivity contribution in [2.45, 2.75) is 13.3 Å². The number of nitrogens with one attached hydrogen (secondary N) is 2. The van der Waals surface area contributed by atoms with E-state index in [4.69, 9.17) is 11.6 Å². The van der Waals surface area contributed by atoms with Crippen molar-refractivity contribution in [3.05, 3.63) is 123 Å². The number of benzene rings is 3. The van der Waals surface area contributed by atoms with Gasteiger partial charge in [-0.3, -0.25) is 14.4 Å². The van der Waals surface area contributed by atoms with Gasteiger partial charge in [0.1, 0.15) is 0 Å². The van der Waals surface area contributed by atoms with E-state index in [1.54, 1.807) is 55.5 Å². The number of aryl methyl sites for hydroxylation is 1. The van der Waals surface area contributed by atoms with E-state index in [9.17, 15) is 14.4 Å². The zero-order chi connectivity index (χ0) is 24.8. The molecule has 4 aromatic rings. The van der Waals surface area contributed by atoms with Crippen molar-refractivity contribution in [3.63, 3.8) is 0 Å².